The lowest BCUT2D eigenvalue weighted by atomic mass is 9.81. The summed E-state index contributed by atoms with van der Waals surface area (Å²) in [6.45, 7) is 1.34. The molecule has 0 heterocycles. The number of nitrogens with one attached hydrogen (secondary N) is 1. The maximum atomic E-state index is 12.4. The Labute approximate surface area is 85.7 Å². The first kappa shape index (κ1) is 12.3. The van der Waals surface area contributed by atoms with Crippen LogP contribution in [0.4, 0.5) is 13.2 Å². The van der Waals surface area contributed by atoms with E-state index in [2.05, 4.69) is 5.32 Å². The molecular weight excluding hydrogens is 211 g/mol. The molecule has 3 nitrogen and oxygen atoms in total. The molecule has 0 unspecified atom stereocenters. The molecule has 6 heteroatoms. The minimum absolute atomic E-state index is 0.205. The van der Waals surface area contributed by atoms with Gasteiger partial charge in [0, 0.05) is 25.8 Å². The molecular formula is C9H15F3NO2+. The molecule has 88 valence electrons. The van der Waals surface area contributed by atoms with E-state index in [-0.39, 0.29) is 37.6 Å². The first-order valence-corrected chi connectivity index (χ1v) is 4.83. The highest BCUT2D eigenvalue weighted by atomic mass is 19.4. The summed E-state index contributed by atoms with van der Waals surface area (Å²) in [6, 6.07) is -0.205. The largest absolute Gasteiger partial charge is 0.465 e. The molecule has 0 aromatic heterocycles. The molecule has 1 rings (SSSR count). The van der Waals surface area contributed by atoms with Gasteiger partial charge in [-0.05, 0) is 12.8 Å². The Bertz CT molecular complexity index is 244. The van der Waals surface area contributed by atoms with E-state index in [1.165, 1.54) is 6.92 Å². The molecule has 1 aliphatic carbocycles. The third-order valence-corrected chi connectivity index (χ3v) is 2.79. The van der Waals surface area contributed by atoms with Crippen molar-refractivity contribution in [1.29, 1.82) is 0 Å². The zero-order valence-electron chi connectivity index (χ0n) is 8.45. The van der Waals surface area contributed by atoms with Crippen LogP contribution in [0.25, 0.3) is 0 Å². The van der Waals surface area contributed by atoms with Gasteiger partial charge in [0.1, 0.15) is 0 Å². The molecule has 3 N–H and O–H groups in total. The van der Waals surface area contributed by atoms with E-state index >= 15 is 0 Å². The van der Waals surface area contributed by atoms with Crippen molar-refractivity contribution in [3.8, 4) is 0 Å². The van der Waals surface area contributed by atoms with Gasteiger partial charge in [-0.3, -0.25) is 4.79 Å². The van der Waals surface area contributed by atoms with Gasteiger partial charge in [0.25, 0.3) is 5.60 Å². The molecule has 1 fully saturated rings. The molecule has 0 bridgehead atoms. The Morgan fingerprint density at radius 1 is 1.40 bits per heavy atom. The third-order valence-electron chi connectivity index (χ3n) is 2.79. The van der Waals surface area contributed by atoms with Gasteiger partial charge in [0.05, 0.1) is 0 Å². The van der Waals surface area contributed by atoms with Crippen molar-refractivity contribution in [3.63, 3.8) is 0 Å². The lowest BCUT2D eigenvalue weighted by Crippen LogP contribution is -2.51. The maximum Gasteiger partial charge on any atom is 0.465 e. The van der Waals surface area contributed by atoms with Crippen LogP contribution in [0.3, 0.4) is 0 Å². The number of alkyl halides is 3. The van der Waals surface area contributed by atoms with E-state index in [0.29, 0.717) is 0 Å². The highest BCUT2D eigenvalue weighted by Crippen LogP contribution is 2.41. The summed E-state index contributed by atoms with van der Waals surface area (Å²) in [6.07, 6.45) is -4.48. The number of halogens is 3. The van der Waals surface area contributed by atoms with Crippen molar-refractivity contribution in [3.05, 3.63) is 0 Å². The fourth-order valence-corrected chi connectivity index (χ4v) is 1.83. The van der Waals surface area contributed by atoms with Gasteiger partial charge in [0.2, 0.25) is 5.91 Å². The van der Waals surface area contributed by atoms with E-state index < -0.39 is 11.8 Å². The zero-order valence-corrected chi connectivity index (χ0v) is 8.45. The van der Waals surface area contributed by atoms with E-state index in [1.54, 1.807) is 0 Å². The molecule has 1 aliphatic rings. The second-order valence-electron chi connectivity index (χ2n) is 4.05. The molecule has 1 saturated carbocycles. The van der Waals surface area contributed by atoms with Gasteiger partial charge in [0.15, 0.2) is 0 Å². The van der Waals surface area contributed by atoms with Crippen molar-refractivity contribution < 1.29 is 23.1 Å². The van der Waals surface area contributed by atoms with Crippen LogP contribution in [0.15, 0.2) is 0 Å². The van der Waals surface area contributed by atoms with Crippen LogP contribution in [-0.2, 0) is 4.79 Å². The number of hydrogen-bond acceptors (Lipinski definition) is 1. The van der Waals surface area contributed by atoms with Crippen LogP contribution in [0.1, 0.15) is 32.6 Å². The van der Waals surface area contributed by atoms with E-state index in [9.17, 15) is 18.0 Å². The molecule has 0 saturated heterocycles. The summed E-state index contributed by atoms with van der Waals surface area (Å²) in [5, 5.41) is 9.89. The van der Waals surface area contributed by atoms with Gasteiger partial charge in [-0.25, -0.2) is 0 Å². The highest BCUT2D eigenvalue weighted by molar-refractivity contribution is 5.73. The summed E-state index contributed by atoms with van der Waals surface area (Å²) in [4.78, 5) is 10.7. The normalized spacial score (nSPS) is 32.5. The Hall–Kier alpha value is -0.780. The van der Waals surface area contributed by atoms with Crippen LogP contribution < -0.4 is 5.32 Å². The van der Waals surface area contributed by atoms with Crippen LogP contribution in [0, 0.1) is 0 Å². The standard InChI is InChI=1S/C9H14F3NO2/c1-6(14)13-7-2-4-8(15,5-3-7)9(10,11)12/h7,15H,2-5H2,1H3,(H,13,14)/p+1. The Morgan fingerprint density at radius 2 is 1.87 bits per heavy atom. The van der Waals surface area contributed by atoms with Crippen LogP contribution in [0.5, 0.6) is 0 Å². The summed E-state index contributed by atoms with van der Waals surface area (Å²) in [7, 11) is 0. The summed E-state index contributed by atoms with van der Waals surface area (Å²) < 4.78 is 37.3. The number of carbonyl (C=O) groups is 1. The fraction of sp³-hybridized carbons (Fsp3) is 0.889. The second-order valence-corrected chi connectivity index (χ2v) is 4.05. The van der Waals surface area contributed by atoms with Gasteiger partial charge in [-0.2, -0.15) is 13.2 Å². The Morgan fingerprint density at radius 3 is 2.20 bits per heavy atom. The van der Waals surface area contributed by atoms with E-state index in [1.807, 2.05) is 0 Å². The second kappa shape index (κ2) is 4.00. The molecule has 0 aromatic rings. The summed E-state index contributed by atoms with van der Waals surface area (Å²) >= 11 is 0. The summed E-state index contributed by atoms with van der Waals surface area (Å²) in [5.74, 6) is -0.232. The van der Waals surface area contributed by atoms with Crippen LogP contribution in [-0.4, -0.2) is 28.8 Å². The topological polar surface area (TPSA) is 52.0 Å². The predicted molar refractivity (Wildman–Crippen MR) is 48.5 cm³/mol. The quantitative estimate of drug-likeness (QED) is 0.668. The van der Waals surface area contributed by atoms with Crippen molar-refractivity contribution in [2.75, 3.05) is 0 Å². The van der Waals surface area contributed by atoms with Crippen molar-refractivity contribution >= 4 is 5.91 Å². The molecule has 15 heavy (non-hydrogen) atoms. The van der Waals surface area contributed by atoms with E-state index in [0.717, 1.165) is 0 Å². The van der Waals surface area contributed by atoms with Gasteiger partial charge < -0.3 is 10.4 Å². The lowest BCUT2D eigenvalue weighted by Gasteiger charge is -2.33. The maximum absolute atomic E-state index is 12.4. The van der Waals surface area contributed by atoms with Crippen molar-refractivity contribution in [2.45, 2.75) is 50.4 Å². The first-order valence-electron chi connectivity index (χ1n) is 4.83. The van der Waals surface area contributed by atoms with E-state index in [4.69, 9.17) is 5.11 Å². The molecule has 1 amide bonds. The molecule has 0 radical (unpaired) electrons. The Kier molecular flexibility index (Phi) is 3.28. The molecule has 0 spiro atoms. The Balaban J connectivity index is 2.52. The minimum atomic E-state index is -4.46. The fourth-order valence-electron chi connectivity index (χ4n) is 1.83. The molecule has 0 aliphatic heterocycles. The van der Waals surface area contributed by atoms with Crippen LogP contribution in [0.2, 0.25) is 0 Å². The number of rotatable bonds is 1. The van der Waals surface area contributed by atoms with Gasteiger partial charge in [-0.15, -0.1) is 0 Å². The number of carbonyl (C=O) groups excluding carboxylic acids is 1. The van der Waals surface area contributed by atoms with Gasteiger partial charge in [-0.1, -0.05) is 0 Å². The van der Waals surface area contributed by atoms with Crippen molar-refractivity contribution in [2.24, 2.45) is 0 Å². The summed E-state index contributed by atoms with van der Waals surface area (Å²) in [5.41, 5.74) is -2.32. The van der Waals surface area contributed by atoms with Crippen LogP contribution >= 0.6 is 0 Å². The lowest BCUT2D eigenvalue weighted by molar-refractivity contribution is -0.270. The number of hydrogen-bond donors (Lipinski definition) is 1. The minimum Gasteiger partial charge on any atom is -0.434 e. The average molecular weight is 226 g/mol. The third kappa shape index (κ3) is 2.84. The zero-order chi connectivity index (χ0) is 11.7. The number of amides is 1. The average Bonchev–Trinajstić information content (AvgIpc) is 2.06. The van der Waals surface area contributed by atoms with Gasteiger partial charge >= 0.3 is 6.18 Å². The molecule has 0 aromatic carbocycles. The smallest absolute Gasteiger partial charge is 0.434 e. The SMILES string of the molecule is CC(=O)NC1CCC([OH2+])(C(F)(F)F)CC1. The molecule has 0 atom stereocenters. The highest BCUT2D eigenvalue weighted by Gasteiger charge is 2.59. The monoisotopic (exact) mass is 226 g/mol. The predicted octanol–water partition coefficient (Wildman–Crippen LogP) is 1.09. The van der Waals surface area contributed by atoms with Crippen molar-refractivity contribution in [1.82, 2.24) is 5.32 Å². The first-order chi connectivity index (χ1) is 6.74.